The van der Waals surface area contributed by atoms with E-state index in [4.69, 9.17) is 10.2 Å². The number of rotatable bonds is 6. The zero-order valence-electron chi connectivity index (χ0n) is 11.1. The summed E-state index contributed by atoms with van der Waals surface area (Å²) < 4.78 is 2.15. The van der Waals surface area contributed by atoms with Gasteiger partial charge >= 0.3 is 0 Å². The Kier molecular flexibility index (Phi) is 3.98. The molecule has 0 unspecified atom stereocenters. The molecule has 0 atom stereocenters. The predicted molar refractivity (Wildman–Crippen MR) is 80.0 cm³/mol. The first kappa shape index (κ1) is 13.5. The molecule has 3 aromatic rings. The third-order valence-corrected chi connectivity index (χ3v) is 4.21. The fraction of sp³-hybridized carbons (Fsp3) is 0.357. The van der Waals surface area contributed by atoms with Gasteiger partial charge in [0.25, 0.3) is 0 Å². The molecule has 0 saturated carbocycles. The molecular weight excluding hydrogens is 274 g/mol. The highest BCUT2D eigenvalue weighted by molar-refractivity contribution is 7.15. The molecular formula is C14H17N3O2S. The maximum absolute atomic E-state index is 9.10. The number of fused-ring (bicyclic) bond motifs is 3. The van der Waals surface area contributed by atoms with Crippen LogP contribution in [0.3, 0.4) is 0 Å². The van der Waals surface area contributed by atoms with Crippen molar-refractivity contribution in [2.75, 3.05) is 26.3 Å². The zero-order valence-corrected chi connectivity index (χ0v) is 11.9. The lowest BCUT2D eigenvalue weighted by atomic mass is 10.3. The lowest BCUT2D eigenvalue weighted by Crippen LogP contribution is -2.29. The highest BCUT2D eigenvalue weighted by Gasteiger charge is 2.13. The van der Waals surface area contributed by atoms with Gasteiger partial charge in [-0.1, -0.05) is 12.1 Å². The van der Waals surface area contributed by atoms with Crippen LogP contribution in [0.2, 0.25) is 0 Å². The van der Waals surface area contributed by atoms with Crippen LogP contribution in [0, 0.1) is 0 Å². The third kappa shape index (κ3) is 2.43. The lowest BCUT2D eigenvalue weighted by molar-refractivity contribution is 0.154. The minimum atomic E-state index is 0.0952. The van der Waals surface area contributed by atoms with E-state index in [1.54, 1.807) is 11.3 Å². The van der Waals surface area contributed by atoms with E-state index in [0.717, 1.165) is 21.7 Å². The number of hydrogen-bond acceptors (Lipinski definition) is 5. The molecule has 0 aliphatic heterocycles. The summed E-state index contributed by atoms with van der Waals surface area (Å²) in [6.45, 7) is 2.01. The van der Waals surface area contributed by atoms with Gasteiger partial charge in [-0.3, -0.25) is 9.30 Å². The van der Waals surface area contributed by atoms with Crippen molar-refractivity contribution in [2.45, 2.75) is 6.54 Å². The van der Waals surface area contributed by atoms with Crippen molar-refractivity contribution < 1.29 is 10.2 Å². The van der Waals surface area contributed by atoms with E-state index >= 15 is 0 Å². The van der Waals surface area contributed by atoms with Crippen molar-refractivity contribution in [1.29, 1.82) is 0 Å². The van der Waals surface area contributed by atoms with Gasteiger partial charge in [0.2, 0.25) is 0 Å². The summed E-state index contributed by atoms with van der Waals surface area (Å²) in [6, 6.07) is 8.08. The summed E-state index contributed by atoms with van der Waals surface area (Å²) in [4.78, 5) is 7.62. The number of aliphatic hydroxyl groups excluding tert-OH is 2. The molecule has 5 nitrogen and oxygen atoms in total. The van der Waals surface area contributed by atoms with E-state index < -0.39 is 0 Å². The molecule has 20 heavy (non-hydrogen) atoms. The molecule has 6 heteroatoms. The molecule has 106 valence electrons. The first-order valence-electron chi connectivity index (χ1n) is 6.61. The predicted octanol–water partition coefficient (Wildman–Crippen LogP) is 1.34. The second-order valence-electron chi connectivity index (χ2n) is 4.67. The standard InChI is InChI=1S/C14H17N3O2S/c18-7-5-16(6-8-19)9-11-10-20-14-15-12-3-1-2-4-13(12)17(11)14/h1-4,10,18-19H,5-9H2. The van der Waals surface area contributed by atoms with Crippen molar-refractivity contribution in [1.82, 2.24) is 14.3 Å². The quantitative estimate of drug-likeness (QED) is 0.719. The number of aliphatic hydroxyl groups is 2. The summed E-state index contributed by atoms with van der Waals surface area (Å²) >= 11 is 1.62. The van der Waals surface area contributed by atoms with Crippen LogP contribution in [0.15, 0.2) is 29.6 Å². The molecule has 0 saturated heterocycles. The van der Waals surface area contributed by atoms with Gasteiger partial charge in [0.15, 0.2) is 4.96 Å². The largest absolute Gasteiger partial charge is 0.395 e. The van der Waals surface area contributed by atoms with Gasteiger partial charge in [0.1, 0.15) is 0 Å². The van der Waals surface area contributed by atoms with Crippen LogP contribution < -0.4 is 0 Å². The highest BCUT2D eigenvalue weighted by atomic mass is 32.1. The molecule has 0 aliphatic carbocycles. The normalized spacial score (nSPS) is 11.9. The van der Waals surface area contributed by atoms with Crippen LogP contribution in [0.25, 0.3) is 16.0 Å². The smallest absolute Gasteiger partial charge is 0.194 e. The summed E-state index contributed by atoms with van der Waals surface area (Å²) in [5.74, 6) is 0. The Hall–Kier alpha value is -1.47. The molecule has 2 heterocycles. The number of hydrogen-bond donors (Lipinski definition) is 2. The van der Waals surface area contributed by atoms with Crippen LogP contribution >= 0.6 is 11.3 Å². The number of benzene rings is 1. The summed E-state index contributed by atoms with van der Waals surface area (Å²) in [5.41, 5.74) is 3.24. The van der Waals surface area contributed by atoms with Crippen LogP contribution in [0.4, 0.5) is 0 Å². The SMILES string of the molecule is OCCN(CCO)Cc1csc2nc3ccccc3n12. The van der Waals surface area contributed by atoms with Gasteiger partial charge in [-0.2, -0.15) is 0 Å². The summed E-state index contributed by atoms with van der Waals surface area (Å²) in [5, 5.41) is 20.3. The molecule has 0 fully saturated rings. The van der Waals surface area contributed by atoms with Crippen molar-refractivity contribution in [3.8, 4) is 0 Å². The minimum Gasteiger partial charge on any atom is -0.395 e. The van der Waals surface area contributed by atoms with Gasteiger partial charge in [-0.25, -0.2) is 4.98 Å². The third-order valence-electron chi connectivity index (χ3n) is 3.34. The number of imidazole rings is 1. The molecule has 0 radical (unpaired) electrons. The highest BCUT2D eigenvalue weighted by Crippen LogP contribution is 2.24. The van der Waals surface area contributed by atoms with E-state index in [-0.39, 0.29) is 13.2 Å². The van der Waals surface area contributed by atoms with Crippen LogP contribution in [-0.4, -0.2) is 50.8 Å². The number of thiazole rings is 1. The lowest BCUT2D eigenvalue weighted by Gasteiger charge is -2.19. The maximum Gasteiger partial charge on any atom is 0.194 e. The van der Waals surface area contributed by atoms with Crippen LogP contribution in [0.1, 0.15) is 5.69 Å². The van der Waals surface area contributed by atoms with Crippen molar-refractivity contribution in [2.24, 2.45) is 0 Å². The summed E-state index contributed by atoms with van der Waals surface area (Å²) in [7, 11) is 0. The average molecular weight is 291 g/mol. The van der Waals surface area contributed by atoms with Gasteiger partial charge in [-0.15, -0.1) is 11.3 Å². The Morgan fingerprint density at radius 2 is 1.90 bits per heavy atom. The van der Waals surface area contributed by atoms with Crippen LogP contribution in [-0.2, 0) is 6.54 Å². The fourth-order valence-electron chi connectivity index (χ4n) is 2.42. The second kappa shape index (κ2) is 5.88. The van der Waals surface area contributed by atoms with Gasteiger partial charge in [0, 0.05) is 30.7 Å². The monoisotopic (exact) mass is 291 g/mol. The van der Waals surface area contributed by atoms with E-state index in [1.807, 2.05) is 23.1 Å². The number of nitrogens with zero attached hydrogens (tertiary/aromatic N) is 3. The van der Waals surface area contributed by atoms with Crippen molar-refractivity contribution in [3.63, 3.8) is 0 Å². The average Bonchev–Trinajstić information content (AvgIpc) is 2.99. The molecule has 0 amide bonds. The number of para-hydroxylation sites is 2. The van der Waals surface area contributed by atoms with E-state index in [2.05, 4.69) is 20.8 Å². The molecule has 2 aromatic heterocycles. The Bertz CT molecular complexity index is 701. The Labute approximate surface area is 120 Å². The minimum absolute atomic E-state index is 0.0952. The Morgan fingerprint density at radius 3 is 2.65 bits per heavy atom. The van der Waals surface area contributed by atoms with Crippen molar-refractivity contribution >= 4 is 27.3 Å². The molecule has 0 bridgehead atoms. The van der Waals surface area contributed by atoms with Crippen LogP contribution in [0.5, 0.6) is 0 Å². The van der Waals surface area contributed by atoms with Gasteiger partial charge in [0.05, 0.1) is 24.2 Å². The molecule has 0 aliphatic rings. The maximum atomic E-state index is 9.10. The van der Waals surface area contributed by atoms with Crippen molar-refractivity contribution in [3.05, 3.63) is 35.3 Å². The Balaban J connectivity index is 1.98. The molecule has 0 spiro atoms. The topological polar surface area (TPSA) is 61.0 Å². The van der Waals surface area contributed by atoms with E-state index in [9.17, 15) is 0 Å². The fourth-order valence-corrected chi connectivity index (χ4v) is 3.32. The second-order valence-corrected chi connectivity index (χ2v) is 5.51. The zero-order chi connectivity index (χ0) is 13.9. The number of aromatic nitrogens is 2. The van der Waals surface area contributed by atoms with E-state index in [0.29, 0.717) is 19.6 Å². The van der Waals surface area contributed by atoms with Gasteiger partial charge in [-0.05, 0) is 12.1 Å². The molecule has 3 rings (SSSR count). The van der Waals surface area contributed by atoms with E-state index in [1.165, 1.54) is 0 Å². The summed E-state index contributed by atoms with van der Waals surface area (Å²) in [6.07, 6.45) is 0. The molecule has 1 aromatic carbocycles. The molecule has 2 N–H and O–H groups in total. The Morgan fingerprint density at radius 1 is 1.15 bits per heavy atom. The van der Waals surface area contributed by atoms with Gasteiger partial charge < -0.3 is 10.2 Å². The first-order valence-corrected chi connectivity index (χ1v) is 7.49. The first-order chi connectivity index (χ1) is 9.83.